The molecule has 0 aromatic heterocycles. The van der Waals surface area contributed by atoms with Crippen molar-refractivity contribution in [3.63, 3.8) is 0 Å². The standard InChI is InChI=1S/C16H24FN3O3S/c1-2-11(5-6-24-22)14-4-3-12(7-15(14)17)20-9-13(8-19-10-18)23-16(20)21/h3-4,7,11,13,19,22H,2,5-6,8-10,18H2,1H3. The minimum atomic E-state index is -0.477. The molecule has 0 saturated carbocycles. The second kappa shape index (κ2) is 9.22. The smallest absolute Gasteiger partial charge is 0.414 e. The summed E-state index contributed by atoms with van der Waals surface area (Å²) >= 11 is 0.770. The molecular formula is C16H24FN3O3S. The lowest BCUT2D eigenvalue weighted by Gasteiger charge is -2.18. The van der Waals surface area contributed by atoms with E-state index in [2.05, 4.69) is 5.32 Å². The Morgan fingerprint density at radius 2 is 2.38 bits per heavy atom. The third-order valence-corrected chi connectivity index (χ3v) is 4.59. The predicted molar refractivity (Wildman–Crippen MR) is 93.8 cm³/mol. The number of cyclic esters (lactones) is 1. The van der Waals surface area contributed by atoms with E-state index in [0.29, 0.717) is 43.2 Å². The fourth-order valence-corrected chi connectivity index (χ4v) is 3.26. The largest absolute Gasteiger partial charge is 0.443 e. The average molecular weight is 357 g/mol. The van der Waals surface area contributed by atoms with Crippen LogP contribution < -0.4 is 16.0 Å². The highest BCUT2D eigenvalue weighted by Gasteiger charge is 2.32. The van der Waals surface area contributed by atoms with Gasteiger partial charge in [-0.05, 0) is 48.5 Å². The quantitative estimate of drug-likeness (QED) is 0.465. The van der Waals surface area contributed by atoms with Crippen LogP contribution in [0, 0.1) is 5.82 Å². The second-order valence-corrected chi connectivity index (χ2v) is 6.37. The predicted octanol–water partition coefficient (Wildman–Crippen LogP) is 2.75. The van der Waals surface area contributed by atoms with Crippen molar-refractivity contribution in [1.29, 1.82) is 0 Å². The summed E-state index contributed by atoms with van der Waals surface area (Å²) in [7, 11) is 0. The fraction of sp³-hybridized carbons (Fsp3) is 0.562. The molecule has 24 heavy (non-hydrogen) atoms. The molecule has 0 bridgehead atoms. The van der Waals surface area contributed by atoms with Crippen LogP contribution in [0.3, 0.4) is 0 Å². The maximum absolute atomic E-state index is 14.5. The van der Waals surface area contributed by atoms with Crippen molar-refractivity contribution in [3.8, 4) is 0 Å². The zero-order chi connectivity index (χ0) is 17.5. The van der Waals surface area contributed by atoms with Gasteiger partial charge in [-0.15, -0.1) is 0 Å². The Hall–Kier alpha value is -1.35. The third kappa shape index (κ3) is 4.60. The number of hydrogen-bond acceptors (Lipinski definition) is 6. The number of benzene rings is 1. The van der Waals surface area contributed by atoms with Crippen molar-refractivity contribution in [2.45, 2.75) is 31.8 Å². The summed E-state index contributed by atoms with van der Waals surface area (Å²) in [4.78, 5) is 13.4. The first-order chi connectivity index (χ1) is 11.6. The normalized spacial score (nSPS) is 18.8. The van der Waals surface area contributed by atoms with Gasteiger partial charge < -0.3 is 20.3 Å². The maximum Gasteiger partial charge on any atom is 0.414 e. The first kappa shape index (κ1) is 19.0. The zero-order valence-electron chi connectivity index (χ0n) is 13.7. The molecule has 1 fully saturated rings. The van der Waals surface area contributed by atoms with Crippen LogP contribution in [-0.2, 0) is 4.74 Å². The van der Waals surface area contributed by atoms with E-state index in [1.807, 2.05) is 6.92 Å². The zero-order valence-corrected chi connectivity index (χ0v) is 14.5. The van der Waals surface area contributed by atoms with Gasteiger partial charge in [0, 0.05) is 19.0 Å². The summed E-state index contributed by atoms with van der Waals surface area (Å²) in [5.41, 5.74) is 6.47. The van der Waals surface area contributed by atoms with E-state index in [0.717, 1.165) is 18.5 Å². The van der Waals surface area contributed by atoms with Crippen molar-refractivity contribution in [2.75, 3.05) is 30.4 Å². The van der Waals surface area contributed by atoms with E-state index in [4.69, 9.17) is 15.0 Å². The van der Waals surface area contributed by atoms with Gasteiger partial charge in [0.05, 0.1) is 12.2 Å². The van der Waals surface area contributed by atoms with Crippen molar-refractivity contribution in [2.24, 2.45) is 5.73 Å². The first-order valence-electron chi connectivity index (χ1n) is 8.05. The Morgan fingerprint density at radius 3 is 3.00 bits per heavy atom. The van der Waals surface area contributed by atoms with Crippen LogP contribution in [-0.4, -0.2) is 42.3 Å². The number of carbonyl (C=O) groups is 1. The van der Waals surface area contributed by atoms with E-state index < -0.39 is 6.09 Å². The monoisotopic (exact) mass is 357 g/mol. The molecule has 0 radical (unpaired) electrons. The summed E-state index contributed by atoms with van der Waals surface area (Å²) in [6, 6.07) is 4.84. The molecule has 0 spiro atoms. The highest BCUT2D eigenvalue weighted by atomic mass is 32.2. The van der Waals surface area contributed by atoms with Gasteiger partial charge in [-0.3, -0.25) is 4.90 Å². The molecule has 1 aliphatic heterocycles. The van der Waals surface area contributed by atoms with Crippen LogP contribution in [0.2, 0.25) is 0 Å². The lowest BCUT2D eigenvalue weighted by molar-refractivity contribution is 0.140. The summed E-state index contributed by atoms with van der Waals surface area (Å²) in [6.45, 7) is 3.13. The van der Waals surface area contributed by atoms with Crippen LogP contribution in [0.5, 0.6) is 0 Å². The summed E-state index contributed by atoms with van der Waals surface area (Å²) < 4.78 is 28.6. The maximum atomic E-state index is 14.5. The molecule has 1 aliphatic rings. The number of rotatable bonds is 9. The highest BCUT2D eigenvalue weighted by Crippen LogP contribution is 2.30. The van der Waals surface area contributed by atoms with Gasteiger partial charge in [0.2, 0.25) is 0 Å². The van der Waals surface area contributed by atoms with Crippen LogP contribution in [0.4, 0.5) is 14.9 Å². The molecule has 1 saturated heterocycles. The molecule has 6 nitrogen and oxygen atoms in total. The molecular weight excluding hydrogens is 333 g/mol. The van der Waals surface area contributed by atoms with Crippen LogP contribution in [0.25, 0.3) is 0 Å². The molecule has 8 heteroatoms. The molecule has 0 aliphatic carbocycles. The highest BCUT2D eigenvalue weighted by molar-refractivity contribution is 7.93. The van der Waals surface area contributed by atoms with Gasteiger partial charge in [-0.2, -0.15) is 0 Å². The minimum absolute atomic E-state index is 0.0470. The van der Waals surface area contributed by atoms with Gasteiger partial charge >= 0.3 is 6.09 Å². The summed E-state index contributed by atoms with van der Waals surface area (Å²) in [5, 5.41) is 2.92. The summed E-state index contributed by atoms with van der Waals surface area (Å²) in [6.07, 6.45) is 0.713. The molecule has 2 rings (SSSR count). The number of halogens is 1. The van der Waals surface area contributed by atoms with Gasteiger partial charge in [-0.1, -0.05) is 13.0 Å². The third-order valence-electron chi connectivity index (χ3n) is 4.18. The number of amides is 1. The van der Waals surface area contributed by atoms with E-state index in [1.165, 1.54) is 11.0 Å². The number of nitrogens with zero attached hydrogens (tertiary/aromatic N) is 1. The average Bonchev–Trinajstić information content (AvgIpc) is 2.95. The Bertz CT molecular complexity index is 561. The number of nitrogens with one attached hydrogen (secondary N) is 1. The van der Waals surface area contributed by atoms with Crippen molar-refractivity contribution < 1.29 is 18.5 Å². The molecule has 4 N–H and O–H groups in total. The van der Waals surface area contributed by atoms with E-state index in [-0.39, 0.29) is 17.8 Å². The van der Waals surface area contributed by atoms with E-state index >= 15 is 0 Å². The molecule has 1 aromatic carbocycles. The first-order valence-corrected chi connectivity index (χ1v) is 8.99. The van der Waals surface area contributed by atoms with E-state index in [9.17, 15) is 9.18 Å². The fourth-order valence-electron chi connectivity index (χ4n) is 2.87. The molecule has 1 amide bonds. The van der Waals surface area contributed by atoms with Crippen LogP contribution >= 0.6 is 12.0 Å². The topological polar surface area (TPSA) is 87.8 Å². The Balaban J connectivity index is 2.10. The number of carbonyl (C=O) groups excluding carboxylic acids is 1. The minimum Gasteiger partial charge on any atom is -0.443 e. The molecule has 1 aromatic rings. The second-order valence-electron chi connectivity index (χ2n) is 5.71. The molecule has 134 valence electrons. The van der Waals surface area contributed by atoms with Gasteiger partial charge in [0.15, 0.2) is 0 Å². The van der Waals surface area contributed by atoms with E-state index in [1.54, 1.807) is 12.1 Å². The molecule has 1 heterocycles. The lowest BCUT2D eigenvalue weighted by atomic mass is 9.93. The van der Waals surface area contributed by atoms with Crippen molar-refractivity contribution in [1.82, 2.24) is 5.32 Å². The molecule has 2 unspecified atom stereocenters. The lowest BCUT2D eigenvalue weighted by Crippen LogP contribution is -2.33. The van der Waals surface area contributed by atoms with Crippen LogP contribution in [0.15, 0.2) is 18.2 Å². The number of ether oxygens (including phenoxy) is 1. The van der Waals surface area contributed by atoms with Crippen molar-refractivity contribution >= 4 is 23.8 Å². The van der Waals surface area contributed by atoms with Gasteiger partial charge in [-0.25, -0.2) is 9.18 Å². The Morgan fingerprint density at radius 1 is 1.58 bits per heavy atom. The summed E-state index contributed by atoms with van der Waals surface area (Å²) in [5.74, 6) is 0.276. The Labute approximate surface area is 145 Å². The van der Waals surface area contributed by atoms with Gasteiger partial charge in [0.1, 0.15) is 11.9 Å². The SMILES string of the molecule is CCC(CCSO)c1ccc(N2CC(CNCN)OC2=O)cc1F. The number of nitrogens with two attached hydrogens (primary N) is 1. The molecule has 2 atom stereocenters. The Kier molecular flexibility index (Phi) is 7.29. The number of anilines is 1. The van der Waals surface area contributed by atoms with Crippen LogP contribution in [0.1, 0.15) is 31.2 Å². The number of hydrogen-bond donors (Lipinski definition) is 3. The van der Waals surface area contributed by atoms with Gasteiger partial charge in [0.25, 0.3) is 0 Å². The van der Waals surface area contributed by atoms with Crippen molar-refractivity contribution in [3.05, 3.63) is 29.6 Å².